The third-order valence-electron chi connectivity index (χ3n) is 4.05. The summed E-state index contributed by atoms with van der Waals surface area (Å²) in [4.78, 5) is 37.6. The zero-order valence-electron chi connectivity index (χ0n) is 15.0. The van der Waals surface area contributed by atoms with Crippen LogP contribution in [0.5, 0.6) is 0 Å². The second kappa shape index (κ2) is 7.88. The number of benzene rings is 1. The lowest BCUT2D eigenvalue weighted by atomic mass is 10.1. The van der Waals surface area contributed by atoms with E-state index < -0.39 is 17.9 Å². The highest BCUT2D eigenvalue weighted by Gasteiger charge is 2.34. The maximum absolute atomic E-state index is 12.4. The fraction of sp³-hybridized carbons (Fsp3) is 0.235. The molecule has 1 N–H and O–H groups in total. The van der Waals surface area contributed by atoms with Crippen molar-refractivity contribution in [3.05, 3.63) is 47.7 Å². The molecule has 0 saturated heterocycles. The van der Waals surface area contributed by atoms with Gasteiger partial charge in [0.25, 0.3) is 0 Å². The van der Waals surface area contributed by atoms with Crippen LogP contribution in [0.4, 0.5) is 5.69 Å². The van der Waals surface area contributed by atoms with Crippen molar-refractivity contribution < 1.29 is 33.7 Å². The number of esters is 2. The molecule has 3 rings (SSSR count). The molecular weight excluding hydrogens is 372 g/mol. The molecule has 0 bridgehead atoms. The van der Waals surface area contributed by atoms with Crippen molar-refractivity contribution in [3.63, 3.8) is 0 Å². The lowest BCUT2D eigenvalue weighted by Crippen LogP contribution is -2.39. The summed E-state index contributed by atoms with van der Waals surface area (Å²) in [7, 11) is 2.32. The molecule has 0 amide bonds. The van der Waals surface area contributed by atoms with E-state index in [0.29, 0.717) is 5.69 Å². The first-order valence-corrected chi connectivity index (χ1v) is 7.95. The Morgan fingerprint density at radius 1 is 1.11 bits per heavy atom. The van der Waals surface area contributed by atoms with Crippen LogP contribution in [0.15, 0.2) is 42.1 Å². The Labute approximate surface area is 158 Å². The minimum atomic E-state index is -1.22. The molecule has 0 fully saturated rings. The Morgan fingerprint density at radius 3 is 2.39 bits per heavy atom. The summed E-state index contributed by atoms with van der Waals surface area (Å²) in [5.41, 5.74) is 0.336. The second-order valence-electron chi connectivity index (χ2n) is 5.59. The fourth-order valence-corrected chi connectivity index (χ4v) is 2.75. The Hall–Kier alpha value is -3.73. The van der Waals surface area contributed by atoms with E-state index in [-0.39, 0.29) is 35.9 Å². The van der Waals surface area contributed by atoms with E-state index in [2.05, 4.69) is 10.2 Å². The summed E-state index contributed by atoms with van der Waals surface area (Å²) in [6.07, 6.45) is 2.87. The van der Waals surface area contributed by atoms with Gasteiger partial charge in [-0.2, -0.15) is 0 Å². The van der Waals surface area contributed by atoms with Gasteiger partial charge in [0.15, 0.2) is 0 Å². The predicted octanol–water partition coefficient (Wildman–Crippen LogP) is 0.360. The van der Waals surface area contributed by atoms with Crippen LogP contribution in [0.3, 0.4) is 0 Å². The minimum absolute atomic E-state index is 0.0772. The van der Waals surface area contributed by atoms with Crippen LogP contribution in [-0.4, -0.2) is 65.3 Å². The first-order chi connectivity index (χ1) is 13.5. The largest absolute Gasteiger partial charge is 0.478 e. The minimum Gasteiger partial charge on any atom is -0.478 e. The van der Waals surface area contributed by atoms with Gasteiger partial charge in [-0.25, -0.2) is 14.4 Å². The van der Waals surface area contributed by atoms with E-state index in [1.807, 2.05) is 0 Å². The lowest BCUT2D eigenvalue weighted by Gasteiger charge is -2.32. The van der Waals surface area contributed by atoms with Crippen LogP contribution in [0.25, 0.3) is 5.69 Å². The van der Waals surface area contributed by atoms with E-state index in [1.165, 1.54) is 36.8 Å². The number of carbonyl (C=O) groups excluding carboxylic acids is 2. The molecule has 2 aromatic rings. The summed E-state index contributed by atoms with van der Waals surface area (Å²) in [5, 5.41) is 17.0. The number of hydrogen-bond donors (Lipinski definition) is 1. The second-order valence-corrected chi connectivity index (χ2v) is 5.59. The Bertz CT molecular complexity index is 952. The molecule has 28 heavy (non-hydrogen) atoms. The third kappa shape index (κ3) is 3.42. The van der Waals surface area contributed by atoms with E-state index in [4.69, 9.17) is 14.2 Å². The molecule has 146 valence electrons. The van der Waals surface area contributed by atoms with Gasteiger partial charge >= 0.3 is 17.9 Å². The monoisotopic (exact) mass is 388 g/mol. The molecule has 1 aromatic heterocycles. The van der Waals surface area contributed by atoms with Gasteiger partial charge in [-0.3, -0.25) is 4.57 Å². The zero-order chi connectivity index (χ0) is 20.3. The number of aromatic nitrogens is 3. The number of rotatable bonds is 5. The maximum atomic E-state index is 12.4. The molecule has 0 radical (unpaired) electrons. The molecule has 0 unspecified atom stereocenters. The summed E-state index contributed by atoms with van der Waals surface area (Å²) in [6.45, 7) is -0.349. The van der Waals surface area contributed by atoms with Crippen molar-refractivity contribution >= 4 is 23.6 Å². The average molecular weight is 388 g/mol. The molecule has 0 spiro atoms. The molecule has 0 aliphatic carbocycles. The number of carbonyl (C=O) groups is 3. The van der Waals surface area contributed by atoms with Crippen LogP contribution in [-0.2, 0) is 23.8 Å². The van der Waals surface area contributed by atoms with Crippen molar-refractivity contribution in [1.29, 1.82) is 0 Å². The quantitative estimate of drug-likeness (QED) is 0.716. The Kier molecular flexibility index (Phi) is 5.36. The normalized spacial score (nSPS) is 14.0. The van der Waals surface area contributed by atoms with Crippen molar-refractivity contribution in [1.82, 2.24) is 14.8 Å². The van der Waals surface area contributed by atoms with Crippen LogP contribution >= 0.6 is 0 Å². The highest BCUT2D eigenvalue weighted by Crippen LogP contribution is 2.31. The van der Waals surface area contributed by atoms with Gasteiger partial charge in [0.1, 0.15) is 25.1 Å². The standard InChI is InChI=1S/C17H16N4O7/c1-26-16(24)12-6-28-9-21(14(12)17(25)27-2)13-5-10(20-7-18-19-8-20)3-4-11(13)15(22)23/h3-5,7-8H,6,9H2,1-2H3,(H,22,23). The lowest BCUT2D eigenvalue weighted by molar-refractivity contribution is -0.140. The number of aromatic carboxylic acids is 1. The van der Waals surface area contributed by atoms with Crippen LogP contribution in [0.2, 0.25) is 0 Å². The van der Waals surface area contributed by atoms with Gasteiger partial charge in [0.2, 0.25) is 0 Å². The first-order valence-electron chi connectivity index (χ1n) is 7.95. The summed E-state index contributed by atoms with van der Waals surface area (Å²) < 4.78 is 16.5. The van der Waals surface area contributed by atoms with Crippen molar-refractivity contribution in [2.45, 2.75) is 0 Å². The predicted molar refractivity (Wildman–Crippen MR) is 92.7 cm³/mol. The number of ether oxygens (including phenoxy) is 3. The summed E-state index contributed by atoms with van der Waals surface area (Å²) >= 11 is 0. The van der Waals surface area contributed by atoms with E-state index in [9.17, 15) is 19.5 Å². The van der Waals surface area contributed by atoms with Crippen molar-refractivity contribution in [2.75, 3.05) is 32.5 Å². The number of anilines is 1. The molecule has 0 atom stereocenters. The maximum Gasteiger partial charge on any atom is 0.355 e. The Morgan fingerprint density at radius 2 is 1.79 bits per heavy atom. The van der Waals surface area contributed by atoms with Crippen LogP contribution < -0.4 is 4.90 Å². The van der Waals surface area contributed by atoms with Gasteiger partial charge in [0, 0.05) is 0 Å². The smallest absolute Gasteiger partial charge is 0.355 e. The van der Waals surface area contributed by atoms with Crippen LogP contribution in [0.1, 0.15) is 10.4 Å². The molecule has 2 heterocycles. The fourth-order valence-electron chi connectivity index (χ4n) is 2.75. The number of carboxylic acid groups (broad SMARTS) is 1. The Balaban J connectivity index is 2.21. The molecule has 1 aliphatic rings. The zero-order valence-corrected chi connectivity index (χ0v) is 15.0. The molecule has 1 aromatic carbocycles. The molecular formula is C17H16N4O7. The molecule has 1 aliphatic heterocycles. The molecule has 0 saturated carbocycles. The van der Waals surface area contributed by atoms with Crippen molar-refractivity contribution in [2.24, 2.45) is 0 Å². The topological polar surface area (TPSA) is 133 Å². The van der Waals surface area contributed by atoms with Gasteiger partial charge in [-0.15, -0.1) is 10.2 Å². The highest BCUT2D eigenvalue weighted by molar-refractivity contribution is 6.05. The first kappa shape index (κ1) is 19.0. The van der Waals surface area contributed by atoms with E-state index >= 15 is 0 Å². The number of nitrogens with zero attached hydrogens (tertiary/aromatic N) is 4. The van der Waals surface area contributed by atoms with E-state index in [1.54, 1.807) is 10.6 Å². The van der Waals surface area contributed by atoms with Gasteiger partial charge < -0.3 is 24.2 Å². The van der Waals surface area contributed by atoms with E-state index in [0.717, 1.165) is 7.11 Å². The van der Waals surface area contributed by atoms with Gasteiger partial charge in [0.05, 0.1) is 43.3 Å². The average Bonchev–Trinajstić information content (AvgIpc) is 3.26. The van der Waals surface area contributed by atoms with Gasteiger partial charge in [-0.05, 0) is 18.2 Å². The molecule has 11 nitrogen and oxygen atoms in total. The number of hydrogen-bond acceptors (Lipinski definition) is 9. The summed E-state index contributed by atoms with van der Waals surface area (Å²) in [6, 6.07) is 4.44. The van der Waals surface area contributed by atoms with Crippen LogP contribution in [0, 0.1) is 0 Å². The molecule has 11 heteroatoms. The summed E-state index contributed by atoms with van der Waals surface area (Å²) in [5.74, 6) is -2.83. The van der Waals surface area contributed by atoms with Gasteiger partial charge in [-0.1, -0.05) is 0 Å². The SMILES string of the molecule is COC(=O)C1=C(C(=O)OC)N(c2cc(-n3cnnc3)ccc2C(=O)O)COC1. The number of methoxy groups -OCH3 is 2. The van der Waals surface area contributed by atoms with Crippen molar-refractivity contribution in [3.8, 4) is 5.69 Å². The third-order valence-corrected chi connectivity index (χ3v) is 4.05. The highest BCUT2D eigenvalue weighted by atomic mass is 16.5. The number of carboxylic acids is 1.